The normalized spacial score (nSPS) is 23.8. The highest BCUT2D eigenvalue weighted by atomic mass is 32.2. The molecule has 1 aromatic heterocycles. The molecule has 0 spiro atoms. The third-order valence-electron chi connectivity index (χ3n) is 3.30. The molecule has 0 radical (unpaired) electrons. The van der Waals surface area contributed by atoms with Gasteiger partial charge < -0.3 is 15.1 Å². The summed E-state index contributed by atoms with van der Waals surface area (Å²) in [7, 11) is 0. The Balaban J connectivity index is 1.87. The molecule has 1 aromatic rings. The van der Waals surface area contributed by atoms with Crippen LogP contribution in [0.5, 0.6) is 0 Å². The Morgan fingerprint density at radius 2 is 2.11 bits per heavy atom. The Hall–Kier alpha value is -0.750. The fraction of sp³-hybridized carbons (Fsp3) is 0.846. The van der Waals surface area contributed by atoms with Gasteiger partial charge >= 0.3 is 6.01 Å². The minimum Gasteiger partial charge on any atom is -0.407 e. The summed E-state index contributed by atoms with van der Waals surface area (Å²) in [6.07, 6.45) is 5.89. The molecule has 5 nitrogen and oxygen atoms in total. The van der Waals surface area contributed by atoms with Gasteiger partial charge in [0.15, 0.2) is 0 Å². The molecule has 1 fully saturated rings. The topological polar surface area (TPSA) is 63.0 Å². The SMILES string of the molecule is CSC1CCCC1Nc1nnc(CNC(C)(C)C)o1. The first-order chi connectivity index (χ1) is 8.98. The molecule has 6 heteroatoms. The van der Waals surface area contributed by atoms with Gasteiger partial charge in [0, 0.05) is 16.8 Å². The fourth-order valence-corrected chi connectivity index (χ4v) is 3.19. The van der Waals surface area contributed by atoms with Crippen LogP contribution in [0, 0.1) is 0 Å². The molecule has 2 unspecified atom stereocenters. The zero-order valence-electron chi connectivity index (χ0n) is 12.2. The summed E-state index contributed by atoms with van der Waals surface area (Å²) < 4.78 is 5.63. The minimum atomic E-state index is 0.0530. The molecule has 108 valence electrons. The zero-order valence-corrected chi connectivity index (χ0v) is 13.0. The van der Waals surface area contributed by atoms with Gasteiger partial charge in [-0.3, -0.25) is 0 Å². The van der Waals surface area contributed by atoms with E-state index in [9.17, 15) is 0 Å². The molecule has 2 rings (SSSR count). The van der Waals surface area contributed by atoms with E-state index in [-0.39, 0.29) is 5.54 Å². The number of anilines is 1. The molecule has 2 N–H and O–H groups in total. The summed E-state index contributed by atoms with van der Waals surface area (Å²) in [5.41, 5.74) is 0.0530. The lowest BCUT2D eigenvalue weighted by Gasteiger charge is -2.19. The second-order valence-corrected chi connectivity index (χ2v) is 7.14. The van der Waals surface area contributed by atoms with Crippen molar-refractivity contribution in [2.75, 3.05) is 11.6 Å². The number of nitrogens with one attached hydrogen (secondary N) is 2. The van der Waals surface area contributed by atoms with E-state index in [0.717, 1.165) is 0 Å². The van der Waals surface area contributed by atoms with Gasteiger partial charge in [-0.2, -0.15) is 11.8 Å². The first kappa shape index (κ1) is 14.7. The molecule has 0 amide bonds. The van der Waals surface area contributed by atoms with E-state index in [1.807, 2.05) is 11.8 Å². The molecule has 1 heterocycles. The highest BCUT2D eigenvalue weighted by Crippen LogP contribution is 2.30. The average molecular weight is 284 g/mol. The van der Waals surface area contributed by atoms with Gasteiger partial charge in [0.25, 0.3) is 0 Å². The Kier molecular flexibility index (Phi) is 4.73. The van der Waals surface area contributed by atoms with Crippen LogP contribution in [0.2, 0.25) is 0 Å². The van der Waals surface area contributed by atoms with Crippen molar-refractivity contribution in [2.45, 2.75) is 63.4 Å². The van der Waals surface area contributed by atoms with Crippen LogP contribution in [-0.2, 0) is 6.54 Å². The van der Waals surface area contributed by atoms with Gasteiger partial charge in [-0.05, 0) is 39.9 Å². The summed E-state index contributed by atoms with van der Waals surface area (Å²) >= 11 is 1.92. The smallest absolute Gasteiger partial charge is 0.315 e. The van der Waals surface area contributed by atoms with Crippen LogP contribution in [0.15, 0.2) is 4.42 Å². The first-order valence-electron chi connectivity index (χ1n) is 6.85. The quantitative estimate of drug-likeness (QED) is 0.866. The van der Waals surface area contributed by atoms with Gasteiger partial charge in [-0.1, -0.05) is 11.5 Å². The van der Waals surface area contributed by atoms with Crippen LogP contribution < -0.4 is 10.6 Å². The molecular weight excluding hydrogens is 260 g/mol. The first-order valence-corrected chi connectivity index (χ1v) is 8.13. The molecule has 19 heavy (non-hydrogen) atoms. The lowest BCUT2D eigenvalue weighted by molar-refractivity contribution is 0.383. The van der Waals surface area contributed by atoms with Crippen molar-refractivity contribution in [2.24, 2.45) is 0 Å². The predicted molar refractivity (Wildman–Crippen MR) is 79.5 cm³/mol. The number of rotatable bonds is 5. The predicted octanol–water partition coefficient (Wildman–Crippen LogP) is 2.65. The van der Waals surface area contributed by atoms with E-state index in [2.05, 4.69) is 47.9 Å². The van der Waals surface area contributed by atoms with E-state index in [1.54, 1.807) is 0 Å². The maximum atomic E-state index is 5.63. The summed E-state index contributed by atoms with van der Waals surface area (Å²) in [6, 6.07) is 1.01. The summed E-state index contributed by atoms with van der Waals surface area (Å²) in [5, 5.41) is 15.5. The van der Waals surface area contributed by atoms with E-state index >= 15 is 0 Å². The molecule has 1 aliphatic carbocycles. The number of hydrogen-bond acceptors (Lipinski definition) is 6. The lowest BCUT2D eigenvalue weighted by atomic mass is 10.1. The molecule has 0 aromatic carbocycles. The van der Waals surface area contributed by atoms with Gasteiger partial charge in [-0.25, -0.2) is 0 Å². The highest BCUT2D eigenvalue weighted by Gasteiger charge is 2.27. The monoisotopic (exact) mass is 284 g/mol. The minimum absolute atomic E-state index is 0.0530. The number of thioether (sulfide) groups is 1. The van der Waals surface area contributed by atoms with Crippen LogP contribution in [0.3, 0.4) is 0 Å². The van der Waals surface area contributed by atoms with Crippen molar-refractivity contribution in [3.63, 3.8) is 0 Å². The van der Waals surface area contributed by atoms with Gasteiger partial charge in [0.2, 0.25) is 5.89 Å². The van der Waals surface area contributed by atoms with Gasteiger partial charge in [0.1, 0.15) is 0 Å². The van der Waals surface area contributed by atoms with Crippen molar-refractivity contribution < 1.29 is 4.42 Å². The zero-order chi connectivity index (χ0) is 13.9. The van der Waals surface area contributed by atoms with E-state index < -0.39 is 0 Å². The number of aromatic nitrogens is 2. The van der Waals surface area contributed by atoms with Crippen LogP contribution in [0.1, 0.15) is 45.9 Å². The third kappa shape index (κ3) is 4.38. The number of nitrogens with zero attached hydrogens (tertiary/aromatic N) is 2. The Labute approximate surface area is 119 Å². The molecule has 2 atom stereocenters. The second kappa shape index (κ2) is 6.13. The highest BCUT2D eigenvalue weighted by molar-refractivity contribution is 7.99. The third-order valence-corrected chi connectivity index (χ3v) is 4.47. The summed E-state index contributed by atoms with van der Waals surface area (Å²) in [6.45, 7) is 6.95. The summed E-state index contributed by atoms with van der Waals surface area (Å²) in [4.78, 5) is 0. The Bertz CT molecular complexity index is 402. The van der Waals surface area contributed by atoms with Crippen LogP contribution in [-0.4, -0.2) is 33.3 Å². The molecule has 0 saturated heterocycles. The van der Waals surface area contributed by atoms with Crippen LogP contribution in [0.25, 0.3) is 0 Å². The van der Waals surface area contributed by atoms with Crippen molar-refractivity contribution in [3.05, 3.63) is 5.89 Å². The molecule has 1 aliphatic rings. The van der Waals surface area contributed by atoms with Gasteiger partial charge in [0.05, 0.1) is 6.54 Å². The van der Waals surface area contributed by atoms with Crippen molar-refractivity contribution in [1.29, 1.82) is 0 Å². The Morgan fingerprint density at radius 1 is 1.32 bits per heavy atom. The molecular formula is C13H24N4OS. The second-order valence-electron chi connectivity index (χ2n) is 6.06. The van der Waals surface area contributed by atoms with E-state index in [4.69, 9.17) is 4.42 Å². The maximum absolute atomic E-state index is 5.63. The molecule has 0 bridgehead atoms. The van der Waals surface area contributed by atoms with E-state index in [0.29, 0.717) is 29.7 Å². The van der Waals surface area contributed by atoms with Crippen molar-refractivity contribution in [1.82, 2.24) is 15.5 Å². The summed E-state index contributed by atoms with van der Waals surface area (Å²) in [5.74, 6) is 0.635. The van der Waals surface area contributed by atoms with Crippen LogP contribution in [0.4, 0.5) is 6.01 Å². The van der Waals surface area contributed by atoms with Crippen LogP contribution >= 0.6 is 11.8 Å². The maximum Gasteiger partial charge on any atom is 0.315 e. The fourth-order valence-electron chi connectivity index (χ4n) is 2.26. The standard InChI is InChI=1S/C13H24N4OS/c1-13(2,3)14-8-11-16-17-12(18-11)15-9-6-5-7-10(9)19-4/h9-10,14H,5-8H2,1-4H3,(H,15,17). The average Bonchev–Trinajstić information content (AvgIpc) is 2.95. The Morgan fingerprint density at radius 3 is 2.79 bits per heavy atom. The van der Waals surface area contributed by atoms with Crippen molar-refractivity contribution >= 4 is 17.8 Å². The van der Waals surface area contributed by atoms with Gasteiger partial charge in [-0.15, -0.1) is 5.10 Å². The van der Waals surface area contributed by atoms with E-state index in [1.165, 1.54) is 19.3 Å². The lowest BCUT2D eigenvalue weighted by Crippen LogP contribution is -2.35. The largest absolute Gasteiger partial charge is 0.407 e. The van der Waals surface area contributed by atoms with Crippen molar-refractivity contribution in [3.8, 4) is 0 Å². The molecule has 1 saturated carbocycles. The molecule has 0 aliphatic heterocycles. The number of hydrogen-bond donors (Lipinski definition) is 2.